The van der Waals surface area contributed by atoms with Gasteiger partial charge >= 0.3 is 5.15 Å². The van der Waals surface area contributed by atoms with E-state index in [2.05, 4.69) is 9.48 Å². The molecule has 1 aromatic heterocycles. The predicted molar refractivity (Wildman–Crippen MR) is 75.8 cm³/mol. The molecule has 3 rings (SSSR count). The monoisotopic (exact) mass is 287 g/mol. The molecule has 0 N–H and O–H groups in total. The fourth-order valence-electron chi connectivity index (χ4n) is 1.66. The first-order valence-electron chi connectivity index (χ1n) is 5.74. The molecule has 0 fully saturated rings. The van der Waals surface area contributed by atoms with Crippen LogP contribution in [0, 0.1) is 0 Å². The summed E-state index contributed by atoms with van der Waals surface area (Å²) in [7, 11) is 0. The molecule has 0 atom stereocenters. The van der Waals surface area contributed by atoms with Crippen molar-refractivity contribution in [3.05, 3.63) is 70.5 Å². The highest BCUT2D eigenvalue weighted by Crippen LogP contribution is 2.10. The Balaban J connectivity index is 2.07. The Kier molecular flexibility index (Phi) is 3.44. The van der Waals surface area contributed by atoms with E-state index in [1.807, 2.05) is 60.7 Å². The fraction of sp³-hybridized carbons (Fsp3) is 0. The molecule has 0 radical (unpaired) electrons. The van der Waals surface area contributed by atoms with Crippen molar-refractivity contribution >= 4 is 28.8 Å². The van der Waals surface area contributed by atoms with Crippen molar-refractivity contribution in [3.8, 4) is 5.69 Å². The van der Waals surface area contributed by atoms with Crippen molar-refractivity contribution in [2.45, 2.75) is 0 Å². The second-order valence-corrected chi connectivity index (χ2v) is 4.95. The molecule has 0 bridgehead atoms. The molecule has 3 nitrogen and oxygen atoms in total. The smallest absolute Gasteiger partial charge is 0.306 e. The first-order chi connectivity index (χ1) is 9.34. The number of rotatable bonds is 2. The van der Waals surface area contributed by atoms with E-state index < -0.39 is 0 Å². The summed E-state index contributed by atoms with van der Waals surface area (Å²) in [6.07, 6.45) is 0. The zero-order valence-corrected chi connectivity index (χ0v) is 11.5. The number of para-hydroxylation sites is 2. The van der Waals surface area contributed by atoms with Crippen molar-refractivity contribution in [1.82, 2.24) is 4.49 Å². The van der Waals surface area contributed by atoms with Gasteiger partial charge < -0.3 is 4.49 Å². The quantitative estimate of drug-likeness (QED) is 0.667. The molecular weight excluding hydrogens is 278 g/mol. The van der Waals surface area contributed by atoms with Gasteiger partial charge in [0.25, 0.3) is 0 Å². The Morgan fingerprint density at radius 3 is 2.26 bits per heavy atom. The zero-order valence-electron chi connectivity index (χ0n) is 9.90. The van der Waals surface area contributed by atoms with Crippen LogP contribution in [0.3, 0.4) is 0 Å². The third kappa shape index (κ3) is 2.59. The molecule has 0 saturated carbocycles. The van der Waals surface area contributed by atoms with Crippen molar-refractivity contribution in [2.24, 2.45) is 4.99 Å². The summed E-state index contributed by atoms with van der Waals surface area (Å²) in [6, 6.07) is 19.5. The summed E-state index contributed by atoms with van der Waals surface area (Å²) in [5.41, 5.74) is 1.80. The summed E-state index contributed by atoms with van der Waals surface area (Å²) in [4.78, 5) is 4.49. The molecule has 19 heavy (non-hydrogen) atoms. The van der Waals surface area contributed by atoms with Crippen molar-refractivity contribution in [1.29, 1.82) is 0 Å². The van der Waals surface area contributed by atoms with Crippen molar-refractivity contribution in [3.63, 3.8) is 0 Å². The molecule has 0 amide bonds. The third-order valence-corrected chi connectivity index (χ3v) is 3.71. The summed E-state index contributed by atoms with van der Waals surface area (Å²) in [5, 5.41) is 0.528. The Labute approximate surface area is 119 Å². The largest absolute Gasteiger partial charge is 0.353 e. The molecule has 5 heteroatoms. The fourth-order valence-corrected chi connectivity index (χ4v) is 2.63. The number of hydrogen-bond donors (Lipinski definition) is 0. The lowest BCUT2D eigenvalue weighted by molar-refractivity contribution is -0.654. The average Bonchev–Trinajstić information content (AvgIpc) is 2.82. The number of halogens is 1. The van der Waals surface area contributed by atoms with E-state index in [0.717, 1.165) is 11.4 Å². The summed E-state index contributed by atoms with van der Waals surface area (Å²) < 4.78 is 6.71. The molecule has 2 aromatic carbocycles. The maximum atomic E-state index is 6.33. The molecule has 0 aliphatic rings. The predicted octanol–water partition coefficient (Wildman–Crippen LogP) is 2.87. The second-order valence-electron chi connectivity index (χ2n) is 3.86. The molecule has 94 valence electrons. The number of benzene rings is 2. The van der Waals surface area contributed by atoms with Crippen LogP contribution in [0.5, 0.6) is 0 Å². The normalized spacial score (nSPS) is 11.7. The number of hydrogen-bond acceptors (Lipinski definition) is 2. The topological polar surface area (TPSA) is 30.3 Å². The van der Waals surface area contributed by atoms with Crippen LogP contribution in [0.15, 0.2) is 65.7 Å². The molecule has 3 aromatic rings. The Hall–Kier alpha value is -1.91. The maximum Gasteiger partial charge on any atom is 0.306 e. The minimum atomic E-state index is 0.528. The molecule has 1 heterocycles. The molecule has 0 aliphatic carbocycles. The van der Waals surface area contributed by atoms with E-state index in [4.69, 9.17) is 11.6 Å². The summed E-state index contributed by atoms with van der Waals surface area (Å²) in [5.74, 6) is 0. The standard InChI is InChI=1S/C14H10ClN3S/c15-13-14(16-11-7-3-1-4-8-11)19-17-18(13)12-9-5-2-6-10-12/h1-10H. The van der Waals surface area contributed by atoms with Gasteiger partial charge in [0.05, 0.1) is 5.69 Å². The highest BCUT2D eigenvalue weighted by atomic mass is 35.5. The van der Waals surface area contributed by atoms with E-state index in [1.54, 1.807) is 4.68 Å². The van der Waals surface area contributed by atoms with Crippen LogP contribution in [-0.4, -0.2) is 0 Å². The number of nitrogens with zero attached hydrogens (tertiary/aromatic N) is 3. The van der Waals surface area contributed by atoms with Crippen LogP contribution in [0.4, 0.5) is 5.69 Å². The third-order valence-electron chi connectivity index (χ3n) is 2.56. The molecule has 0 aliphatic heterocycles. The first-order valence-corrected chi connectivity index (χ1v) is 6.89. The molecule has 0 saturated heterocycles. The van der Waals surface area contributed by atoms with Crippen molar-refractivity contribution in [2.75, 3.05) is 0 Å². The van der Waals surface area contributed by atoms with Gasteiger partial charge in [-0.05, 0) is 23.7 Å². The molecular formula is C14H10ClN3S. The van der Waals surface area contributed by atoms with E-state index in [0.29, 0.717) is 9.82 Å². The van der Waals surface area contributed by atoms with Crippen LogP contribution in [-0.2, 0) is 0 Å². The molecule has 0 unspecified atom stereocenters. The van der Waals surface area contributed by atoms with E-state index in [9.17, 15) is 0 Å². The van der Waals surface area contributed by atoms with Crippen LogP contribution < -0.4 is 13.8 Å². The van der Waals surface area contributed by atoms with Crippen molar-refractivity contribution < 1.29 is 4.68 Å². The average molecular weight is 288 g/mol. The van der Waals surface area contributed by atoms with Gasteiger partial charge in [-0.15, -0.1) is 0 Å². The molecule has 0 spiro atoms. The zero-order chi connectivity index (χ0) is 13.1. The lowest BCUT2D eigenvalue weighted by Crippen LogP contribution is -2.36. The number of aromatic nitrogens is 2. The highest BCUT2D eigenvalue weighted by molar-refractivity contribution is 7.02. The van der Waals surface area contributed by atoms with Gasteiger partial charge in [0.2, 0.25) is 5.69 Å². The van der Waals surface area contributed by atoms with Gasteiger partial charge in [0.15, 0.2) is 4.67 Å². The highest BCUT2D eigenvalue weighted by Gasteiger charge is 2.09. The maximum absolute atomic E-state index is 6.33. The second kappa shape index (κ2) is 5.38. The van der Waals surface area contributed by atoms with E-state index in [1.165, 1.54) is 11.5 Å². The van der Waals surface area contributed by atoms with Gasteiger partial charge in [-0.2, -0.15) is 11.5 Å². The minimum Gasteiger partial charge on any atom is -0.353 e. The van der Waals surface area contributed by atoms with Crippen LogP contribution in [0.25, 0.3) is 5.69 Å². The minimum absolute atomic E-state index is 0.528. The van der Waals surface area contributed by atoms with Crippen LogP contribution >= 0.6 is 23.1 Å². The Morgan fingerprint density at radius 2 is 1.58 bits per heavy atom. The lowest BCUT2D eigenvalue weighted by Gasteiger charge is -1.96. The Bertz CT molecular complexity index is 732. The summed E-state index contributed by atoms with van der Waals surface area (Å²) >= 11 is 7.61. The van der Waals surface area contributed by atoms with Gasteiger partial charge in [-0.25, -0.2) is 9.67 Å². The van der Waals surface area contributed by atoms with Gasteiger partial charge in [0.1, 0.15) is 0 Å². The van der Waals surface area contributed by atoms with Gasteiger partial charge in [-0.3, -0.25) is 0 Å². The Morgan fingerprint density at radius 1 is 0.947 bits per heavy atom. The van der Waals surface area contributed by atoms with Crippen LogP contribution in [0.1, 0.15) is 0 Å². The SMILES string of the molecule is Clc1c(=Nc2ccccc2)s[n-][n+]1-c1ccccc1. The van der Waals surface area contributed by atoms with Gasteiger partial charge in [0, 0.05) is 12.1 Å². The summed E-state index contributed by atoms with van der Waals surface area (Å²) in [6.45, 7) is 0. The lowest BCUT2D eigenvalue weighted by atomic mass is 10.3. The van der Waals surface area contributed by atoms with E-state index in [-0.39, 0.29) is 0 Å². The first kappa shape index (κ1) is 12.1. The van der Waals surface area contributed by atoms with Gasteiger partial charge in [-0.1, -0.05) is 36.4 Å². The van der Waals surface area contributed by atoms with E-state index >= 15 is 0 Å². The van der Waals surface area contributed by atoms with Crippen LogP contribution in [0.2, 0.25) is 5.15 Å².